The molecule has 2 aromatic heterocycles. The van der Waals surface area contributed by atoms with Crippen molar-refractivity contribution in [2.75, 3.05) is 6.54 Å². The Balaban J connectivity index is 1.66. The molecule has 1 amide bonds. The van der Waals surface area contributed by atoms with Gasteiger partial charge in [0, 0.05) is 43.2 Å². The fourth-order valence-electron chi connectivity index (χ4n) is 3.84. The molecule has 1 aliphatic rings. The number of aromatic amines is 1. The average Bonchev–Trinajstić information content (AvgIpc) is 3.02. The van der Waals surface area contributed by atoms with Gasteiger partial charge in [0.1, 0.15) is 0 Å². The zero-order chi connectivity index (χ0) is 19.1. The van der Waals surface area contributed by atoms with Crippen LogP contribution in [0, 0.1) is 0 Å². The summed E-state index contributed by atoms with van der Waals surface area (Å²) in [4.78, 5) is 26.9. The van der Waals surface area contributed by atoms with Gasteiger partial charge in [-0.3, -0.25) is 14.3 Å². The van der Waals surface area contributed by atoms with Crippen LogP contribution in [0.4, 0.5) is 0 Å². The number of benzene rings is 1. The third-order valence-corrected chi connectivity index (χ3v) is 5.29. The molecule has 0 spiro atoms. The van der Waals surface area contributed by atoms with E-state index in [0.717, 1.165) is 11.3 Å². The van der Waals surface area contributed by atoms with Gasteiger partial charge in [-0.25, -0.2) is 5.10 Å². The average molecular weight is 367 g/mol. The Bertz CT molecular complexity index is 1080. The van der Waals surface area contributed by atoms with Gasteiger partial charge in [-0.05, 0) is 13.0 Å². The van der Waals surface area contributed by atoms with Gasteiger partial charge in [-0.2, -0.15) is 10.2 Å². The van der Waals surface area contributed by atoms with E-state index < -0.39 is 5.92 Å². The van der Waals surface area contributed by atoms with Crippen molar-refractivity contribution in [1.82, 2.24) is 24.9 Å². The lowest BCUT2D eigenvalue weighted by atomic mass is 9.98. The molecule has 0 unspecified atom stereocenters. The van der Waals surface area contributed by atoms with E-state index in [9.17, 15) is 14.7 Å². The number of aryl methyl sites for hydroxylation is 1. The van der Waals surface area contributed by atoms with Crippen LogP contribution in [0.25, 0.3) is 10.8 Å². The summed E-state index contributed by atoms with van der Waals surface area (Å²) in [7, 11) is 1.86. The molecule has 0 bridgehead atoms. The Morgan fingerprint density at radius 3 is 2.81 bits per heavy atom. The van der Waals surface area contributed by atoms with Crippen LogP contribution in [0.3, 0.4) is 0 Å². The van der Waals surface area contributed by atoms with Crippen molar-refractivity contribution in [3.8, 4) is 0 Å². The minimum absolute atomic E-state index is 0.0573. The van der Waals surface area contributed by atoms with Crippen LogP contribution >= 0.6 is 0 Å². The summed E-state index contributed by atoms with van der Waals surface area (Å²) in [6.45, 7) is 2.67. The summed E-state index contributed by atoms with van der Waals surface area (Å²) in [5, 5.41) is 21.8. The standard InChI is InChI=1S/C19H21N5O3/c1-11(17-12-5-3-4-6-13(12)18(26)21-20-17)19(27)24-8-7-16-14(9-24)15(10-25)22-23(16)2/h3-6,11,25H,7-10H2,1-2H3,(H,21,26)/t11-/m1/s1. The number of hydrogen-bond acceptors (Lipinski definition) is 5. The van der Waals surface area contributed by atoms with E-state index in [0.29, 0.717) is 41.7 Å². The Morgan fingerprint density at radius 2 is 2.07 bits per heavy atom. The first-order valence-electron chi connectivity index (χ1n) is 8.91. The Morgan fingerprint density at radius 1 is 1.33 bits per heavy atom. The number of fused-ring (bicyclic) bond motifs is 2. The number of carbonyl (C=O) groups is 1. The maximum absolute atomic E-state index is 13.1. The zero-order valence-corrected chi connectivity index (χ0v) is 15.3. The number of amides is 1. The summed E-state index contributed by atoms with van der Waals surface area (Å²) in [6, 6.07) is 7.17. The number of H-pyrrole nitrogens is 1. The normalized spacial score (nSPS) is 15.0. The van der Waals surface area contributed by atoms with Crippen LogP contribution in [0.2, 0.25) is 0 Å². The van der Waals surface area contributed by atoms with Crippen LogP contribution < -0.4 is 5.56 Å². The molecule has 2 N–H and O–H groups in total. The van der Waals surface area contributed by atoms with Gasteiger partial charge in [-0.15, -0.1) is 0 Å². The van der Waals surface area contributed by atoms with Gasteiger partial charge >= 0.3 is 0 Å². The molecule has 1 aromatic carbocycles. The summed E-state index contributed by atoms with van der Waals surface area (Å²) in [5.74, 6) is -0.555. The molecule has 3 aromatic rings. The Kier molecular flexibility index (Phi) is 4.27. The number of rotatable bonds is 3. The summed E-state index contributed by atoms with van der Waals surface area (Å²) in [6.07, 6.45) is 0.692. The fourth-order valence-corrected chi connectivity index (χ4v) is 3.84. The van der Waals surface area contributed by atoms with Crippen LogP contribution in [-0.4, -0.2) is 42.4 Å². The molecule has 3 heterocycles. The first-order valence-corrected chi connectivity index (χ1v) is 8.91. The zero-order valence-electron chi connectivity index (χ0n) is 15.3. The minimum atomic E-state index is -0.498. The van der Waals surface area contributed by atoms with Gasteiger partial charge < -0.3 is 10.0 Å². The van der Waals surface area contributed by atoms with Crippen LogP contribution in [0.5, 0.6) is 0 Å². The Labute approximate surface area is 155 Å². The van der Waals surface area contributed by atoms with Gasteiger partial charge in [0.2, 0.25) is 5.91 Å². The quantitative estimate of drug-likeness (QED) is 0.714. The molecular weight excluding hydrogens is 346 g/mol. The second-order valence-electron chi connectivity index (χ2n) is 6.87. The summed E-state index contributed by atoms with van der Waals surface area (Å²) in [5.41, 5.74) is 2.90. The highest BCUT2D eigenvalue weighted by molar-refractivity contribution is 5.91. The number of hydrogen-bond donors (Lipinski definition) is 2. The maximum atomic E-state index is 13.1. The highest BCUT2D eigenvalue weighted by Crippen LogP contribution is 2.27. The predicted octanol–water partition coefficient (Wildman–Crippen LogP) is 0.837. The number of carbonyl (C=O) groups excluding carboxylic acids is 1. The minimum Gasteiger partial charge on any atom is -0.390 e. The molecule has 27 heavy (non-hydrogen) atoms. The molecule has 1 atom stereocenters. The molecule has 0 aliphatic carbocycles. The van der Waals surface area contributed by atoms with Crippen LogP contribution in [0.15, 0.2) is 29.1 Å². The molecule has 0 saturated heterocycles. The number of nitrogens with zero attached hydrogens (tertiary/aromatic N) is 4. The van der Waals surface area contributed by atoms with Gasteiger partial charge in [0.15, 0.2) is 0 Å². The largest absolute Gasteiger partial charge is 0.390 e. The Hall–Kier alpha value is -3.00. The van der Waals surface area contributed by atoms with E-state index in [-0.39, 0.29) is 18.1 Å². The van der Waals surface area contributed by atoms with E-state index in [1.807, 2.05) is 19.2 Å². The first-order chi connectivity index (χ1) is 13.0. The molecule has 8 nitrogen and oxygen atoms in total. The van der Waals surface area contributed by atoms with Crippen molar-refractivity contribution in [3.05, 3.63) is 57.3 Å². The maximum Gasteiger partial charge on any atom is 0.272 e. The number of nitrogens with one attached hydrogen (secondary N) is 1. The van der Waals surface area contributed by atoms with Gasteiger partial charge in [0.25, 0.3) is 5.56 Å². The summed E-state index contributed by atoms with van der Waals surface area (Å²) >= 11 is 0. The molecule has 8 heteroatoms. The molecular formula is C19H21N5O3. The van der Waals surface area contributed by atoms with Crippen LogP contribution in [0.1, 0.15) is 35.5 Å². The van der Waals surface area contributed by atoms with Crippen molar-refractivity contribution in [2.24, 2.45) is 7.05 Å². The second-order valence-corrected chi connectivity index (χ2v) is 6.87. The third-order valence-electron chi connectivity index (χ3n) is 5.29. The van der Waals surface area contributed by atoms with Crippen LogP contribution in [-0.2, 0) is 31.4 Å². The van der Waals surface area contributed by atoms with Crippen molar-refractivity contribution < 1.29 is 9.90 Å². The SMILES string of the molecule is C[C@@H](C(=O)N1CCc2c(c(CO)nn2C)C1)c1n[nH]c(=O)c2ccccc12. The molecule has 1 aliphatic heterocycles. The molecule has 0 radical (unpaired) electrons. The monoisotopic (exact) mass is 367 g/mol. The van der Waals surface area contributed by atoms with Crippen molar-refractivity contribution >= 4 is 16.7 Å². The van der Waals surface area contributed by atoms with E-state index in [4.69, 9.17) is 0 Å². The van der Waals surface area contributed by atoms with E-state index in [1.165, 1.54) is 0 Å². The van der Waals surface area contributed by atoms with E-state index in [1.54, 1.807) is 28.6 Å². The highest BCUT2D eigenvalue weighted by atomic mass is 16.3. The van der Waals surface area contributed by atoms with E-state index >= 15 is 0 Å². The molecule has 140 valence electrons. The molecule has 4 rings (SSSR count). The van der Waals surface area contributed by atoms with E-state index in [2.05, 4.69) is 15.3 Å². The van der Waals surface area contributed by atoms with Gasteiger partial charge in [-0.1, -0.05) is 18.2 Å². The lowest BCUT2D eigenvalue weighted by Gasteiger charge is -2.30. The first kappa shape index (κ1) is 17.4. The lowest BCUT2D eigenvalue weighted by Crippen LogP contribution is -2.39. The van der Waals surface area contributed by atoms with Gasteiger partial charge in [0.05, 0.1) is 29.3 Å². The molecule has 0 fully saturated rings. The number of aromatic nitrogens is 4. The topological polar surface area (TPSA) is 104 Å². The summed E-state index contributed by atoms with van der Waals surface area (Å²) < 4.78 is 1.78. The third kappa shape index (κ3) is 2.82. The van der Waals surface area contributed by atoms with Crippen molar-refractivity contribution in [2.45, 2.75) is 32.4 Å². The predicted molar refractivity (Wildman–Crippen MR) is 99.0 cm³/mol. The highest BCUT2D eigenvalue weighted by Gasteiger charge is 2.30. The number of aliphatic hydroxyl groups excluding tert-OH is 1. The fraction of sp³-hybridized carbons (Fsp3) is 0.368. The smallest absolute Gasteiger partial charge is 0.272 e. The van der Waals surface area contributed by atoms with Crippen molar-refractivity contribution in [1.29, 1.82) is 0 Å². The second kappa shape index (κ2) is 6.62. The lowest BCUT2D eigenvalue weighted by molar-refractivity contribution is -0.133. The van der Waals surface area contributed by atoms with Crippen molar-refractivity contribution in [3.63, 3.8) is 0 Å². The molecule has 0 saturated carbocycles. The number of aliphatic hydroxyl groups is 1.